The summed E-state index contributed by atoms with van der Waals surface area (Å²) in [6.45, 7) is 2.55. The van der Waals surface area contributed by atoms with E-state index in [2.05, 4.69) is 21.0 Å². The first-order valence-corrected chi connectivity index (χ1v) is 10.2. The summed E-state index contributed by atoms with van der Waals surface area (Å²) in [6, 6.07) is 17.3. The fraction of sp³-hybridized carbons (Fsp3) is 0.263. The topological polar surface area (TPSA) is 94.8 Å². The predicted octanol–water partition coefficient (Wildman–Crippen LogP) is 2.62. The zero-order valence-corrected chi connectivity index (χ0v) is 15.4. The Morgan fingerprint density at radius 2 is 1.96 bits per heavy atom. The molecule has 1 unspecified atom stereocenters. The van der Waals surface area contributed by atoms with Gasteiger partial charge in [-0.15, -0.1) is 0 Å². The minimum absolute atomic E-state index is 0.218. The number of anilines is 2. The molecule has 27 heavy (non-hydrogen) atoms. The second-order valence-corrected chi connectivity index (χ2v) is 7.78. The van der Waals surface area contributed by atoms with E-state index in [1.165, 1.54) is 0 Å². The van der Waals surface area contributed by atoms with Gasteiger partial charge >= 0.3 is 10.3 Å². The van der Waals surface area contributed by atoms with Crippen molar-refractivity contribution >= 4 is 21.7 Å². The largest absolute Gasteiger partial charge is 0.461 e. The smallest absolute Gasteiger partial charge is 0.357 e. The van der Waals surface area contributed by atoms with Gasteiger partial charge in [0.15, 0.2) is 0 Å². The van der Waals surface area contributed by atoms with Gasteiger partial charge in [-0.25, -0.2) is 0 Å². The summed E-state index contributed by atoms with van der Waals surface area (Å²) in [6.07, 6.45) is 0.763. The molecule has 8 heteroatoms. The van der Waals surface area contributed by atoms with Crippen molar-refractivity contribution in [2.24, 2.45) is 0 Å². The van der Waals surface area contributed by atoms with E-state index in [1.54, 1.807) is 12.1 Å². The van der Waals surface area contributed by atoms with Gasteiger partial charge in [0.1, 0.15) is 11.5 Å². The fourth-order valence-corrected chi connectivity index (χ4v) is 3.94. The average Bonchev–Trinajstić information content (AvgIpc) is 3.09. The van der Waals surface area contributed by atoms with E-state index in [-0.39, 0.29) is 6.04 Å². The molecule has 4 rings (SSSR count). The molecule has 0 aromatic heterocycles. The molecule has 1 saturated heterocycles. The maximum atomic E-state index is 10.9. The summed E-state index contributed by atoms with van der Waals surface area (Å²) in [5.74, 6) is 1.82. The standard InChI is InChI=1S/C19H21N3O4S/c23-27(24,25)21-15-5-7-16(8-6-15)22-11-10-20-13-17(22)12-18-9-4-14-2-1-3-19(14)26-18/h1-9,17,20-21H,10-13H2,(H,23,24,25). The van der Waals surface area contributed by atoms with Crippen LogP contribution >= 0.6 is 0 Å². The van der Waals surface area contributed by atoms with E-state index in [4.69, 9.17) is 8.97 Å². The van der Waals surface area contributed by atoms with E-state index in [0.717, 1.165) is 48.8 Å². The van der Waals surface area contributed by atoms with Crippen LogP contribution < -0.4 is 14.9 Å². The number of nitrogens with zero attached hydrogens (tertiary/aromatic N) is 1. The number of hydrogen-bond donors (Lipinski definition) is 3. The predicted molar refractivity (Wildman–Crippen MR) is 105 cm³/mol. The van der Waals surface area contributed by atoms with Gasteiger partial charge in [-0.05, 0) is 42.5 Å². The number of fused-ring (bicyclic) bond motifs is 1. The summed E-state index contributed by atoms with van der Waals surface area (Å²) in [4.78, 5) is 2.29. The molecule has 0 spiro atoms. The number of hydrogen-bond acceptors (Lipinski definition) is 5. The summed E-state index contributed by atoms with van der Waals surface area (Å²) in [5.41, 5.74) is 2.42. The molecule has 3 N–H and O–H groups in total. The highest BCUT2D eigenvalue weighted by molar-refractivity contribution is 7.87. The maximum Gasteiger partial charge on any atom is 0.357 e. The molecule has 1 aromatic rings. The number of nitrogens with one attached hydrogen (secondary N) is 2. The molecule has 7 nitrogen and oxygen atoms in total. The second-order valence-electron chi connectivity index (χ2n) is 6.63. The molecule has 0 radical (unpaired) electrons. The Morgan fingerprint density at radius 1 is 1.15 bits per heavy atom. The number of piperazine rings is 1. The van der Waals surface area contributed by atoms with Crippen molar-refractivity contribution in [1.82, 2.24) is 5.32 Å². The van der Waals surface area contributed by atoms with Gasteiger partial charge in [0.25, 0.3) is 0 Å². The highest BCUT2D eigenvalue weighted by atomic mass is 32.2. The van der Waals surface area contributed by atoms with Crippen LogP contribution in [0.1, 0.15) is 5.76 Å². The van der Waals surface area contributed by atoms with Crippen LogP contribution in [0.4, 0.5) is 11.4 Å². The third kappa shape index (κ3) is 4.24. The Morgan fingerprint density at radius 3 is 2.74 bits per heavy atom. The maximum absolute atomic E-state index is 10.9. The molecule has 0 bridgehead atoms. The van der Waals surface area contributed by atoms with Crippen LogP contribution in [0.15, 0.2) is 59.0 Å². The van der Waals surface area contributed by atoms with Gasteiger partial charge in [-0.2, -0.15) is 8.42 Å². The summed E-state index contributed by atoms with van der Waals surface area (Å²) in [7, 11) is -4.27. The van der Waals surface area contributed by atoms with Gasteiger partial charge in [0, 0.05) is 43.3 Å². The lowest BCUT2D eigenvalue weighted by molar-refractivity contribution is 0.426. The minimum Gasteiger partial charge on any atom is -0.461 e. The number of rotatable bonds is 5. The van der Waals surface area contributed by atoms with E-state index in [0.29, 0.717) is 5.69 Å². The van der Waals surface area contributed by atoms with Crippen LogP contribution in [0.3, 0.4) is 0 Å². The van der Waals surface area contributed by atoms with Gasteiger partial charge in [-0.3, -0.25) is 9.27 Å². The molecule has 0 amide bonds. The highest BCUT2D eigenvalue weighted by Crippen LogP contribution is 2.27. The average molecular weight is 387 g/mol. The first kappa shape index (κ1) is 17.8. The second kappa shape index (κ2) is 7.22. The summed E-state index contributed by atoms with van der Waals surface area (Å²) < 4.78 is 38.8. The Balaban J connectivity index is 1.53. The van der Waals surface area contributed by atoms with Crippen molar-refractivity contribution in [3.8, 4) is 11.3 Å². The van der Waals surface area contributed by atoms with Crippen LogP contribution in [0, 0.1) is 0 Å². The van der Waals surface area contributed by atoms with E-state index < -0.39 is 10.3 Å². The first-order chi connectivity index (χ1) is 13.0. The molecular formula is C19H21N3O4S. The molecule has 1 atom stereocenters. The molecule has 1 aliphatic carbocycles. The molecule has 1 fully saturated rings. The van der Waals surface area contributed by atoms with Crippen LogP contribution in [0.25, 0.3) is 11.3 Å². The van der Waals surface area contributed by atoms with E-state index >= 15 is 0 Å². The Hall–Kier alpha value is -2.55. The van der Waals surface area contributed by atoms with Crippen molar-refractivity contribution in [3.63, 3.8) is 0 Å². The van der Waals surface area contributed by atoms with Crippen molar-refractivity contribution < 1.29 is 17.4 Å². The van der Waals surface area contributed by atoms with Gasteiger partial charge in [0.05, 0.1) is 5.69 Å². The molecule has 2 heterocycles. The number of benzene rings is 1. The van der Waals surface area contributed by atoms with Gasteiger partial charge < -0.3 is 14.6 Å². The molecule has 1 aromatic carbocycles. The molecule has 3 aliphatic rings. The third-order valence-electron chi connectivity index (χ3n) is 4.73. The van der Waals surface area contributed by atoms with Crippen molar-refractivity contribution in [3.05, 3.63) is 60.4 Å². The molecule has 0 saturated carbocycles. The first-order valence-electron chi connectivity index (χ1n) is 8.78. The van der Waals surface area contributed by atoms with Crippen LogP contribution in [0.2, 0.25) is 0 Å². The zero-order chi connectivity index (χ0) is 18.9. The third-order valence-corrected chi connectivity index (χ3v) is 5.22. The summed E-state index contributed by atoms with van der Waals surface area (Å²) in [5, 5.41) is 3.42. The minimum atomic E-state index is -4.27. The van der Waals surface area contributed by atoms with Gasteiger partial charge in [0.2, 0.25) is 0 Å². The zero-order valence-electron chi connectivity index (χ0n) is 14.6. The van der Waals surface area contributed by atoms with E-state index in [9.17, 15) is 8.42 Å². The lowest BCUT2D eigenvalue weighted by Crippen LogP contribution is -2.52. The lowest BCUT2D eigenvalue weighted by atomic mass is 10.1. The Bertz CT molecular complexity index is 984. The molecular weight excluding hydrogens is 366 g/mol. The van der Waals surface area contributed by atoms with Crippen LogP contribution in [-0.4, -0.2) is 38.6 Å². The van der Waals surface area contributed by atoms with Crippen LogP contribution in [-0.2, 0) is 16.7 Å². The van der Waals surface area contributed by atoms with Crippen molar-refractivity contribution in [1.29, 1.82) is 0 Å². The highest BCUT2D eigenvalue weighted by Gasteiger charge is 2.24. The fourth-order valence-electron chi connectivity index (χ4n) is 3.50. The van der Waals surface area contributed by atoms with Crippen molar-refractivity contribution in [2.75, 3.05) is 29.3 Å². The summed E-state index contributed by atoms with van der Waals surface area (Å²) >= 11 is 0. The molecule has 142 valence electrons. The SMILES string of the molecule is O=S(=O)(O)Nc1ccc(N2CCNCC2Cc2ccc3cccc-3o2)cc1. The van der Waals surface area contributed by atoms with Gasteiger partial charge in [-0.1, -0.05) is 12.1 Å². The lowest BCUT2D eigenvalue weighted by Gasteiger charge is -2.38. The van der Waals surface area contributed by atoms with E-state index in [1.807, 2.05) is 36.4 Å². The quantitative estimate of drug-likeness (QED) is 0.583. The van der Waals surface area contributed by atoms with Crippen molar-refractivity contribution in [2.45, 2.75) is 12.5 Å². The normalized spacial score (nSPS) is 18.0. The Kier molecular flexibility index (Phi) is 4.77. The Labute approximate surface area is 158 Å². The molecule has 2 aliphatic heterocycles. The monoisotopic (exact) mass is 387 g/mol. The van der Waals surface area contributed by atoms with Crippen LogP contribution in [0.5, 0.6) is 0 Å².